The van der Waals surface area contributed by atoms with Crippen molar-refractivity contribution in [3.63, 3.8) is 0 Å². The minimum absolute atomic E-state index is 0.147. The first-order chi connectivity index (χ1) is 7.86. The molecular formula is C9H10F3N3O2. The minimum atomic E-state index is -4.76. The predicted molar refractivity (Wildman–Crippen MR) is 55.6 cm³/mol. The maximum Gasteiger partial charge on any atom is 0.423 e. The fourth-order valence-corrected chi connectivity index (χ4v) is 1.25. The lowest BCUT2D eigenvalue weighted by Crippen LogP contribution is -2.14. The quantitative estimate of drug-likeness (QED) is 0.631. The number of nitro benzene ring substituents is 1. The second-order valence-electron chi connectivity index (χ2n) is 3.20. The summed E-state index contributed by atoms with van der Waals surface area (Å²) in [5, 5.41) is 13.1. The molecule has 94 valence electrons. The van der Waals surface area contributed by atoms with Crippen LogP contribution in [0.25, 0.3) is 0 Å². The van der Waals surface area contributed by atoms with Crippen molar-refractivity contribution in [1.82, 2.24) is 0 Å². The van der Waals surface area contributed by atoms with Gasteiger partial charge >= 0.3 is 6.18 Å². The summed E-state index contributed by atoms with van der Waals surface area (Å²) >= 11 is 0. The lowest BCUT2D eigenvalue weighted by Gasteiger charge is -2.10. The van der Waals surface area contributed by atoms with Crippen molar-refractivity contribution in [3.8, 4) is 0 Å². The van der Waals surface area contributed by atoms with Crippen LogP contribution >= 0.6 is 0 Å². The van der Waals surface area contributed by atoms with E-state index in [-0.39, 0.29) is 18.8 Å². The molecule has 0 spiro atoms. The van der Waals surface area contributed by atoms with E-state index in [0.29, 0.717) is 6.07 Å². The number of nitrogens with two attached hydrogens (primary N) is 1. The highest BCUT2D eigenvalue weighted by Gasteiger charge is 2.38. The highest BCUT2D eigenvalue weighted by molar-refractivity contribution is 5.55. The van der Waals surface area contributed by atoms with Gasteiger partial charge in [0.2, 0.25) is 0 Å². The second-order valence-corrected chi connectivity index (χ2v) is 3.20. The minimum Gasteiger partial charge on any atom is -0.384 e. The number of nitro groups is 1. The summed E-state index contributed by atoms with van der Waals surface area (Å²) < 4.78 is 37.7. The number of rotatable bonds is 4. The molecule has 0 bridgehead atoms. The molecular weight excluding hydrogens is 239 g/mol. The molecule has 0 radical (unpaired) electrons. The van der Waals surface area contributed by atoms with Crippen LogP contribution in [0.15, 0.2) is 18.2 Å². The first kappa shape index (κ1) is 13.2. The number of alkyl halides is 3. The SMILES string of the molecule is NCCNc1ccc([N+](=O)[O-])c(C(F)(F)F)c1. The van der Waals surface area contributed by atoms with Gasteiger partial charge in [-0.2, -0.15) is 13.2 Å². The van der Waals surface area contributed by atoms with E-state index in [0.717, 1.165) is 6.07 Å². The third kappa shape index (κ3) is 3.31. The van der Waals surface area contributed by atoms with Crippen molar-refractivity contribution in [2.24, 2.45) is 5.73 Å². The Morgan fingerprint density at radius 3 is 2.53 bits per heavy atom. The van der Waals surface area contributed by atoms with E-state index in [1.54, 1.807) is 0 Å². The molecule has 1 aromatic carbocycles. The summed E-state index contributed by atoms with van der Waals surface area (Å²) in [6, 6.07) is 2.73. The van der Waals surface area contributed by atoms with Gasteiger partial charge < -0.3 is 11.1 Å². The van der Waals surface area contributed by atoms with Crippen LogP contribution in [-0.4, -0.2) is 18.0 Å². The van der Waals surface area contributed by atoms with Crippen molar-refractivity contribution in [3.05, 3.63) is 33.9 Å². The lowest BCUT2D eigenvalue weighted by atomic mass is 10.1. The smallest absolute Gasteiger partial charge is 0.384 e. The van der Waals surface area contributed by atoms with Gasteiger partial charge in [0.05, 0.1) is 4.92 Å². The second kappa shape index (κ2) is 5.00. The number of halogens is 3. The maximum atomic E-state index is 12.6. The Labute approximate surface area is 94.6 Å². The van der Waals surface area contributed by atoms with Gasteiger partial charge in [-0.05, 0) is 12.1 Å². The Hall–Kier alpha value is -1.83. The Morgan fingerprint density at radius 1 is 1.41 bits per heavy atom. The van der Waals surface area contributed by atoms with Gasteiger partial charge in [-0.15, -0.1) is 0 Å². The zero-order valence-electron chi connectivity index (χ0n) is 8.62. The summed E-state index contributed by atoms with van der Waals surface area (Å²) in [4.78, 5) is 9.40. The normalized spacial score (nSPS) is 11.3. The molecule has 17 heavy (non-hydrogen) atoms. The molecule has 0 atom stereocenters. The molecule has 8 heteroatoms. The number of anilines is 1. The first-order valence-electron chi connectivity index (χ1n) is 4.66. The summed E-state index contributed by atoms with van der Waals surface area (Å²) in [5.74, 6) is 0. The average molecular weight is 249 g/mol. The zero-order chi connectivity index (χ0) is 13.1. The van der Waals surface area contributed by atoms with Crippen molar-refractivity contribution in [2.75, 3.05) is 18.4 Å². The third-order valence-electron chi connectivity index (χ3n) is 1.97. The molecule has 1 aromatic rings. The molecule has 0 aliphatic carbocycles. The van der Waals surface area contributed by atoms with E-state index < -0.39 is 22.4 Å². The van der Waals surface area contributed by atoms with Crippen LogP contribution in [-0.2, 0) is 6.18 Å². The van der Waals surface area contributed by atoms with Crippen LogP contribution < -0.4 is 11.1 Å². The van der Waals surface area contributed by atoms with Gasteiger partial charge in [-0.25, -0.2) is 0 Å². The molecule has 1 rings (SSSR count). The first-order valence-corrected chi connectivity index (χ1v) is 4.66. The van der Waals surface area contributed by atoms with E-state index >= 15 is 0 Å². The summed E-state index contributed by atoms with van der Waals surface area (Å²) in [5.41, 5.74) is 3.10. The van der Waals surface area contributed by atoms with Crippen LogP contribution in [0.5, 0.6) is 0 Å². The third-order valence-corrected chi connectivity index (χ3v) is 1.97. The van der Waals surface area contributed by atoms with Crippen LogP contribution in [0, 0.1) is 10.1 Å². The average Bonchev–Trinajstić information content (AvgIpc) is 2.24. The molecule has 0 aromatic heterocycles. The summed E-state index contributed by atoms with van der Waals surface area (Å²) in [6.07, 6.45) is -4.76. The topological polar surface area (TPSA) is 81.2 Å². The van der Waals surface area contributed by atoms with Crippen LogP contribution in [0.4, 0.5) is 24.5 Å². The van der Waals surface area contributed by atoms with Crippen LogP contribution in [0.1, 0.15) is 5.56 Å². The van der Waals surface area contributed by atoms with Gasteiger partial charge in [0.1, 0.15) is 5.56 Å². The molecule has 0 aliphatic heterocycles. The Kier molecular flexibility index (Phi) is 3.89. The Morgan fingerprint density at radius 2 is 2.06 bits per heavy atom. The van der Waals surface area contributed by atoms with E-state index in [1.165, 1.54) is 6.07 Å². The molecule has 0 aliphatic rings. The van der Waals surface area contributed by atoms with Gasteiger partial charge in [0, 0.05) is 24.8 Å². The molecule has 5 nitrogen and oxygen atoms in total. The van der Waals surface area contributed by atoms with Gasteiger partial charge in [-0.1, -0.05) is 0 Å². The highest BCUT2D eigenvalue weighted by atomic mass is 19.4. The molecule has 0 heterocycles. The molecule has 3 N–H and O–H groups in total. The maximum absolute atomic E-state index is 12.6. The monoisotopic (exact) mass is 249 g/mol. The van der Waals surface area contributed by atoms with Crippen molar-refractivity contribution >= 4 is 11.4 Å². The summed E-state index contributed by atoms with van der Waals surface area (Å²) in [6.45, 7) is 0.535. The number of hydrogen-bond donors (Lipinski definition) is 2. The largest absolute Gasteiger partial charge is 0.423 e. The van der Waals surface area contributed by atoms with E-state index in [9.17, 15) is 23.3 Å². The number of hydrogen-bond acceptors (Lipinski definition) is 4. The van der Waals surface area contributed by atoms with Crippen molar-refractivity contribution in [1.29, 1.82) is 0 Å². The number of nitrogens with zero attached hydrogens (tertiary/aromatic N) is 1. The molecule has 0 amide bonds. The molecule has 0 unspecified atom stereocenters. The number of benzene rings is 1. The zero-order valence-corrected chi connectivity index (χ0v) is 8.62. The van der Waals surface area contributed by atoms with E-state index in [1.807, 2.05) is 0 Å². The highest BCUT2D eigenvalue weighted by Crippen LogP contribution is 2.37. The Balaban J connectivity index is 3.15. The lowest BCUT2D eigenvalue weighted by molar-refractivity contribution is -0.388. The molecule has 0 saturated heterocycles. The standard InChI is InChI=1S/C9H10F3N3O2/c10-9(11,12)7-5-6(14-4-3-13)1-2-8(7)15(16)17/h1-2,5,14H,3-4,13H2. The van der Waals surface area contributed by atoms with Gasteiger partial charge in [-0.3, -0.25) is 10.1 Å². The summed E-state index contributed by atoms with van der Waals surface area (Å²) in [7, 11) is 0. The fraction of sp³-hybridized carbons (Fsp3) is 0.333. The van der Waals surface area contributed by atoms with E-state index in [4.69, 9.17) is 5.73 Å². The Bertz CT molecular complexity index is 420. The van der Waals surface area contributed by atoms with Crippen LogP contribution in [0.2, 0.25) is 0 Å². The van der Waals surface area contributed by atoms with Crippen molar-refractivity contribution in [2.45, 2.75) is 6.18 Å². The van der Waals surface area contributed by atoms with Gasteiger partial charge in [0.25, 0.3) is 5.69 Å². The fourth-order valence-electron chi connectivity index (χ4n) is 1.25. The molecule has 0 fully saturated rings. The number of nitrogens with one attached hydrogen (secondary N) is 1. The van der Waals surface area contributed by atoms with Gasteiger partial charge in [0.15, 0.2) is 0 Å². The predicted octanol–water partition coefficient (Wildman–Crippen LogP) is 1.98. The molecule has 0 saturated carbocycles. The van der Waals surface area contributed by atoms with E-state index in [2.05, 4.69) is 5.32 Å². The van der Waals surface area contributed by atoms with Crippen molar-refractivity contribution < 1.29 is 18.1 Å². The van der Waals surface area contributed by atoms with Crippen LogP contribution in [0.3, 0.4) is 0 Å².